The average Bonchev–Trinajstić information content (AvgIpc) is 2.89. The summed E-state index contributed by atoms with van der Waals surface area (Å²) in [6.45, 7) is 7.41. The lowest BCUT2D eigenvalue weighted by Gasteiger charge is -2.23. The molecule has 0 saturated heterocycles. The largest absolute Gasteiger partial charge is 0.492 e. The zero-order valence-electron chi connectivity index (χ0n) is 13.3. The van der Waals surface area contributed by atoms with Crippen molar-refractivity contribution in [2.24, 2.45) is 10.7 Å². The van der Waals surface area contributed by atoms with Crippen LogP contribution in [0.3, 0.4) is 0 Å². The molecule has 1 aromatic carbocycles. The van der Waals surface area contributed by atoms with E-state index in [4.69, 9.17) is 15.2 Å². The van der Waals surface area contributed by atoms with Crippen molar-refractivity contribution >= 4 is 23.4 Å². The van der Waals surface area contributed by atoms with Crippen LogP contribution in [-0.2, 0) is 10.2 Å². The van der Waals surface area contributed by atoms with Gasteiger partial charge in [-0.3, -0.25) is 0 Å². The smallest absolute Gasteiger partial charge is 0.316 e. The van der Waals surface area contributed by atoms with Crippen molar-refractivity contribution < 1.29 is 14.3 Å². The Morgan fingerprint density at radius 1 is 1.36 bits per heavy atom. The SMILES string of the molecule is COc1c(NC(N)=O)cc(C(C)(C)C)cc1NC1=NCCO1. The van der Waals surface area contributed by atoms with Gasteiger partial charge in [0, 0.05) is 0 Å². The number of benzene rings is 1. The van der Waals surface area contributed by atoms with Crippen LogP contribution in [0.25, 0.3) is 0 Å². The van der Waals surface area contributed by atoms with Crippen LogP contribution >= 0.6 is 0 Å². The van der Waals surface area contributed by atoms with Crippen LogP contribution in [0.4, 0.5) is 16.2 Å². The minimum atomic E-state index is -0.648. The van der Waals surface area contributed by atoms with Crippen LogP contribution in [0.2, 0.25) is 0 Å². The fourth-order valence-corrected chi connectivity index (χ4v) is 2.13. The molecule has 0 aliphatic carbocycles. The van der Waals surface area contributed by atoms with Gasteiger partial charge in [0.25, 0.3) is 6.02 Å². The summed E-state index contributed by atoms with van der Waals surface area (Å²) in [5, 5.41) is 5.69. The number of aliphatic imine (C=N–C) groups is 1. The average molecular weight is 306 g/mol. The molecule has 7 nitrogen and oxygen atoms in total. The molecule has 1 aliphatic heterocycles. The van der Waals surface area contributed by atoms with Crippen molar-refractivity contribution in [2.75, 3.05) is 30.9 Å². The Morgan fingerprint density at radius 3 is 2.55 bits per heavy atom. The number of nitrogens with two attached hydrogens (primary N) is 1. The Morgan fingerprint density at radius 2 is 2.05 bits per heavy atom. The molecule has 0 unspecified atom stereocenters. The van der Waals surface area contributed by atoms with Crippen LogP contribution in [0, 0.1) is 0 Å². The third kappa shape index (κ3) is 3.60. The molecule has 2 rings (SSSR count). The van der Waals surface area contributed by atoms with E-state index in [-0.39, 0.29) is 5.41 Å². The molecule has 0 atom stereocenters. The minimum absolute atomic E-state index is 0.116. The van der Waals surface area contributed by atoms with Crippen molar-refractivity contribution in [3.8, 4) is 5.75 Å². The zero-order chi connectivity index (χ0) is 16.3. The fourth-order valence-electron chi connectivity index (χ4n) is 2.13. The minimum Gasteiger partial charge on any atom is -0.492 e. The number of anilines is 2. The highest BCUT2D eigenvalue weighted by Crippen LogP contribution is 2.38. The number of nitrogens with zero attached hydrogens (tertiary/aromatic N) is 1. The zero-order valence-corrected chi connectivity index (χ0v) is 13.3. The summed E-state index contributed by atoms with van der Waals surface area (Å²) in [6, 6.07) is 3.60. The number of amidine groups is 1. The maximum atomic E-state index is 11.2. The third-order valence-corrected chi connectivity index (χ3v) is 3.24. The van der Waals surface area contributed by atoms with E-state index in [2.05, 4.69) is 36.4 Å². The summed E-state index contributed by atoms with van der Waals surface area (Å²) in [5.41, 5.74) is 7.31. The summed E-state index contributed by atoms with van der Waals surface area (Å²) in [6.07, 6.45) is 0. The molecule has 2 amide bonds. The highest BCUT2D eigenvalue weighted by Gasteiger charge is 2.21. The van der Waals surface area contributed by atoms with Crippen molar-refractivity contribution in [3.05, 3.63) is 17.7 Å². The van der Waals surface area contributed by atoms with E-state index in [1.54, 1.807) is 0 Å². The number of nitrogens with one attached hydrogen (secondary N) is 2. The molecule has 0 spiro atoms. The van der Waals surface area contributed by atoms with Crippen molar-refractivity contribution in [2.45, 2.75) is 26.2 Å². The van der Waals surface area contributed by atoms with Crippen molar-refractivity contribution in [1.82, 2.24) is 0 Å². The molecule has 0 radical (unpaired) electrons. The fraction of sp³-hybridized carbons (Fsp3) is 0.467. The second-order valence-corrected chi connectivity index (χ2v) is 6.00. The molecular formula is C15H22N4O3. The van der Waals surface area contributed by atoms with Gasteiger partial charge in [-0.2, -0.15) is 0 Å². The lowest BCUT2D eigenvalue weighted by molar-refractivity contribution is 0.259. The second-order valence-electron chi connectivity index (χ2n) is 6.00. The van der Waals surface area contributed by atoms with E-state index in [1.807, 2.05) is 12.1 Å². The first-order valence-corrected chi connectivity index (χ1v) is 7.04. The summed E-state index contributed by atoms with van der Waals surface area (Å²) in [4.78, 5) is 15.4. The number of carbonyl (C=O) groups excluding carboxylic acids is 1. The number of primary amides is 1. The number of hydrogen-bond acceptors (Lipinski definition) is 5. The third-order valence-electron chi connectivity index (χ3n) is 3.24. The molecule has 7 heteroatoms. The summed E-state index contributed by atoms with van der Waals surface area (Å²) < 4.78 is 10.8. The van der Waals surface area contributed by atoms with Gasteiger partial charge in [-0.05, 0) is 23.1 Å². The summed E-state index contributed by atoms with van der Waals surface area (Å²) in [7, 11) is 1.53. The molecule has 0 fully saturated rings. The Bertz CT molecular complexity index is 606. The van der Waals surface area contributed by atoms with Gasteiger partial charge in [0.05, 0.1) is 25.0 Å². The molecule has 0 bridgehead atoms. The van der Waals surface area contributed by atoms with Crippen LogP contribution in [-0.4, -0.2) is 32.3 Å². The predicted molar refractivity (Wildman–Crippen MR) is 86.8 cm³/mol. The normalized spacial score (nSPS) is 14.1. The number of hydrogen-bond donors (Lipinski definition) is 3. The topological polar surface area (TPSA) is 98.0 Å². The van der Waals surface area contributed by atoms with Crippen molar-refractivity contribution in [3.63, 3.8) is 0 Å². The number of methoxy groups -OCH3 is 1. The molecule has 0 aromatic heterocycles. The lowest BCUT2D eigenvalue weighted by Crippen LogP contribution is -2.22. The van der Waals surface area contributed by atoms with Gasteiger partial charge in [-0.15, -0.1) is 0 Å². The highest BCUT2D eigenvalue weighted by atomic mass is 16.5. The first kappa shape index (κ1) is 15.9. The van der Waals surface area contributed by atoms with Gasteiger partial charge in [0.1, 0.15) is 6.61 Å². The number of urea groups is 1. The molecule has 1 aromatic rings. The molecular weight excluding hydrogens is 284 g/mol. The quantitative estimate of drug-likeness (QED) is 0.798. The van der Waals surface area contributed by atoms with Crippen LogP contribution in [0.15, 0.2) is 17.1 Å². The molecule has 4 N–H and O–H groups in total. The van der Waals surface area contributed by atoms with E-state index in [0.717, 1.165) is 5.56 Å². The number of ether oxygens (including phenoxy) is 2. The Hall–Kier alpha value is -2.44. The van der Waals surface area contributed by atoms with Gasteiger partial charge in [0.15, 0.2) is 5.75 Å². The maximum Gasteiger partial charge on any atom is 0.316 e. The Labute approximate surface area is 129 Å². The summed E-state index contributed by atoms with van der Waals surface area (Å²) >= 11 is 0. The first-order chi connectivity index (χ1) is 10.3. The molecule has 0 saturated carbocycles. The number of carbonyl (C=O) groups is 1. The van der Waals surface area contributed by atoms with Crippen LogP contribution < -0.4 is 21.1 Å². The van der Waals surface area contributed by atoms with E-state index in [1.165, 1.54) is 7.11 Å². The van der Waals surface area contributed by atoms with Gasteiger partial charge in [-0.25, -0.2) is 9.79 Å². The monoisotopic (exact) mass is 306 g/mol. The van der Waals surface area contributed by atoms with Crippen LogP contribution in [0.5, 0.6) is 5.75 Å². The number of amides is 2. The summed E-state index contributed by atoms with van der Waals surface area (Å²) in [5.74, 6) is 0.477. The van der Waals surface area contributed by atoms with Gasteiger partial charge in [0.2, 0.25) is 0 Å². The van der Waals surface area contributed by atoms with Crippen molar-refractivity contribution in [1.29, 1.82) is 0 Å². The number of rotatable bonds is 3. The van der Waals surface area contributed by atoms with Gasteiger partial charge >= 0.3 is 6.03 Å². The second kappa shape index (κ2) is 6.13. The Kier molecular flexibility index (Phi) is 4.44. The van der Waals surface area contributed by atoms with Gasteiger partial charge in [-0.1, -0.05) is 20.8 Å². The Balaban J connectivity index is 2.49. The molecule has 120 valence electrons. The predicted octanol–water partition coefficient (Wildman–Crippen LogP) is 2.28. The molecule has 1 aliphatic rings. The standard InChI is InChI=1S/C15H22N4O3/c1-15(2,3)9-7-10(18-13(16)20)12(21-4)11(8-9)19-14-17-5-6-22-14/h7-8H,5-6H2,1-4H3,(H,17,19)(H3,16,18,20). The van der Waals surface area contributed by atoms with Crippen LogP contribution in [0.1, 0.15) is 26.3 Å². The highest BCUT2D eigenvalue weighted by molar-refractivity contribution is 5.96. The lowest BCUT2D eigenvalue weighted by atomic mass is 9.86. The van der Waals surface area contributed by atoms with E-state index < -0.39 is 6.03 Å². The molecule has 22 heavy (non-hydrogen) atoms. The van der Waals surface area contributed by atoms with E-state index >= 15 is 0 Å². The molecule has 1 heterocycles. The first-order valence-electron chi connectivity index (χ1n) is 7.04. The van der Waals surface area contributed by atoms with E-state index in [0.29, 0.717) is 36.3 Å². The van der Waals surface area contributed by atoms with E-state index in [9.17, 15) is 4.79 Å². The maximum absolute atomic E-state index is 11.2. The van der Waals surface area contributed by atoms with Gasteiger partial charge < -0.3 is 25.8 Å².